The summed E-state index contributed by atoms with van der Waals surface area (Å²) >= 11 is 1.27. The van der Waals surface area contributed by atoms with Gasteiger partial charge in [0.15, 0.2) is 6.61 Å². The van der Waals surface area contributed by atoms with Gasteiger partial charge in [0.1, 0.15) is 15.5 Å². The second-order valence-electron chi connectivity index (χ2n) is 5.69. The zero-order valence-electron chi connectivity index (χ0n) is 15.3. The first-order valence-corrected chi connectivity index (χ1v) is 10.0. The highest BCUT2D eigenvalue weighted by molar-refractivity contribution is 7.89. The fourth-order valence-electron chi connectivity index (χ4n) is 2.10. The van der Waals surface area contributed by atoms with Crippen molar-refractivity contribution < 1.29 is 27.5 Å². The molecule has 1 heterocycles. The molecule has 0 unspecified atom stereocenters. The van der Waals surface area contributed by atoms with E-state index in [1.807, 2.05) is 6.92 Å². The lowest BCUT2D eigenvalue weighted by Gasteiger charge is -2.16. The van der Waals surface area contributed by atoms with Gasteiger partial charge in [-0.2, -0.15) is 0 Å². The number of carbonyl (C=O) groups excluding carboxylic acids is 2. The van der Waals surface area contributed by atoms with Gasteiger partial charge in [-0.3, -0.25) is 4.79 Å². The van der Waals surface area contributed by atoms with E-state index in [-0.39, 0.29) is 16.3 Å². The Labute approximate surface area is 161 Å². The number of thiophene rings is 1. The maximum Gasteiger partial charge on any atom is 0.348 e. The number of carbonyl (C=O) groups is 2. The van der Waals surface area contributed by atoms with Gasteiger partial charge >= 0.3 is 5.97 Å². The van der Waals surface area contributed by atoms with Crippen LogP contribution in [-0.2, 0) is 19.6 Å². The van der Waals surface area contributed by atoms with E-state index in [2.05, 4.69) is 5.32 Å². The molecule has 0 aliphatic rings. The number of amides is 1. The standard InChI is InChI=1S/C17H20N2O6S2/c1-11-5-8-14(26-11)17(21)25-10-16(20)18-12-6-7-13(24-4)15(9-12)27(22,23)19(2)3/h5-9H,10H2,1-4H3,(H,18,20). The number of nitrogens with one attached hydrogen (secondary N) is 1. The van der Waals surface area contributed by atoms with Crippen LogP contribution in [0.5, 0.6) is 5.75 Å². The van der Waals surface area contributed by atoms with Crippen LogP contribution in [0.3, 0.4) is 0 Å². The zero-order valence-corrected chi connectivity index (χ0v) is 16.9. The number of ether oxygens (including phenoxy) is 2. The SMILES string of the molecule is COc1ccc(NC(=O)COC(=O)c2ccc(C)s2)cc1S(=O)(=O)N(C)C. The van der Waals surface area contributed by atoms with E-state index in [0.717, 1.165) is 9.18 Å². The lowest BCUT2D eigenvalue weighted by Crippen LogP contribution is -2.24. The number of esters is 1. The molecule has 2 rings (SSSR count). The lowest BCUT2D eigenvalue weighted by atomic mass is 10.3. The van der Waals surface area contributed by atoms with Crippen LogP contribution in [0.15, 0.2) is 35.2 Å². The summed E-state index contributed by atoms with van der Waals surface area (Å²) < 4.78 is 35.9. The van der Waals surface area contributed by atoms with Crippen molar-refractivity contribution in [1.82, 2.24) is 4.31 Å². The molecule has 0 aliphatic heterocycles. The monoisotopic (exact) mass is 412 g/mol. The van der Waals surface area contributed by atoms with Gasteiger partial charge in [-0.1, -0.05) is 0 Å². The molecule has 0 aliphatic carbocycles. The molecule has 0 radical (unpaired) electrons. The summed E-state index contributed by atoms with van der Waals surface area (Å²) in [5, 5.41) is 2.51. The molecule has 0 saturated carbocycles. The van der Waals surface area contributed by atoms with Crippen LogP contribution in [0, 0.1) is 6.92 Å². The predicted octanol–water partition coefficient (Wildman–Crippen LogP) is 2.11. The van der Waals surface area contributed by atoms with Crippen molar-refractivity contribution in [3.63, 3.8) is 0 Å². The average molecular weight is 412 g/mol. The topological polar surface area (TPSA) is 102 Å². The summed E-state index contributed by atoms with van der Waals surface area (Å²) in [7, 11) is 0.380. The van der Waals surface area contributed by atoms with Crippen molar-refractivity contribution in [3.8, 4) is 5.75 Å². The van der Waals surface area contributed by atoms with E-state index in [1.54, 1.807) is 12.1 Å². The normalized spacial score (nSPS) is 11.3. The maximum atomic E-state index is 12.4. The first-order chi connectivity index (χ1) is 12.6. The molecule has 1 amide bonds. The van der Waals surface area contributed by atoms with Crippen LogP contribution in [0.25, 0.3) is 0 Å². The second kappa shape index (κ2) is 8.51. The number of nitrogens with zero attached hydrogens (tertiary/aromatic N) is 1. The van der Waals surface area contributed by atoms with Gasteiger partial charge in [0, 0.05) is 24.7 Å². The summed E-state index contributed by atoms with van der Waals surface area (Å²) in [5.41, 5.74) is 0.240. The number of benzene rings is 1. The van der Waals surface area contributed by atoms with Gasteiger partial charge < -0.3 is 14.8 Å². The summed E-state index contributed by atoms with van der Waals surface area (Å²) in [6.07, 6.45) is 0. The number of sulfonamides is 1. The number of anilines is 1. The summed E-state index contributed by atoms with van der Waals surface area (Å²) in [6.45, 7) is 1.37. The fourth-order valence-corrected chi connectivity index (χ4v) is 3.93. The molecule has 0 fully saturated rings. The summed E-state index contributed by atoms with van der Waals surface area (Å²) in [5.74, 6) is -1.02. The highest BCUT2D eigenvalue weighted by Crippen LogP contribution is 2.28. The first kappa shape index (κ1) is 20.9. The maximum absolute atomic E-state index is 12.4. The molecule has 0 spiro atoms. The molecule has 0 bridgehead atoms. The lowest BCUT2D eigenvalue weighted by molar-refractivity contribution is -0.119. The van der Waals surface area contributed by atoms with Crippen molar-refractivity contribution in [3.05, 3.63) is 40.1 Å². The minimum Gasteiger partial charge on any atom is -0.495 e. The number of methoxy groups -OCH3 is 1. The zero-order chi connectivity index (χ0) is 20.2. The highest BCUT2D eigenvalue weighted by Gasteiger charge is 2.23. The van der Waals surface area contributed by atoms with Gasteiger partial charge in [-0.15, -0.1) is 11.3 Å². The summed E-state index contributed by atoms with van der Waals surface area (Å²) in [4.78, 5) is 25.2. The van der Waals surface area contributed by atoms with Crippen LogP contribution < -0.4 is 10.1 Å². The predicted molar refractivity (Wildman–Crippen MR) is 102 cm³/mol. The molecule has 8 nitrogen and oxygen atoms in total. The molecule has 27 heavy (non-hydrogen) atoms. The van der Waals surface area contributed by atoms with Gasteiger partial charge in [0.2, 0.25) is 10.0 Å². The van der Waals surface area contributed by atoms with Crippen LogP contribution in [-0.4, -0.2) is 52.4 Å². The Hall–Kier alpha value is -2.43. The molecule has 10 heteroatoms. The number of aryl methyl sites for hydroxylation is 1. The largest absolute Gasteiger partial charge is 0.495 e. The van der Waals surface area contributed by atoms with E-state index in [1.165, 1.54) is 50.7 Å². The van der Waals surface area contributed by atoms with Crippen molar-refractivity contribution in [2.24, 2.45) is 0 Å². The Balaban J connectivity index is 2.08. The molecule has 146 valence electrons. The highest BCUT2D eigenvalue weighted by atomic mass is 32.2. The van der Waals surface area contributed by atoms with Crippen LogP contribution in [0.2, 0.25) is 0 Å². The second-order valence-corrected chi connectivity index (χ2v) is 9.10. The average Bonchev–Trinajstić information content (AvgIpc) is 3.06. The molecule has 1 aromatic heterocycles. The molecule has 0 saturated heterocycles. The van der Waals surface area contributed by atoms with Gasteiger partial charge in [-0.25, -0.2) is 17.5 Å². The third kappa shape index (κ3) is 5.06. The van der Waals surface area contributed by atoms with E-state index in [9.17, 15) is 18.0 Å². The number of rotatable bonds is 7. The van der Waals surface area contributed by atoms with Crippen molar-refractivity contribution in [1.29, 1.82) is 0 Å². The third-order valence-electron chi connectivity index (χ3n) is 3.48. The molecular weight excluding hydrogens is 392 g/mol. The first-order valence-electron chi connectivity index (χ1n) is 7.79. The van der Waals surface area contributed by atoms with E-state index in [0.29, 0.717) is 4.88 Å². The molecular formula is C17H20N2O6S2. The smallest absolute Gasteiger partial charge is 0.348 e. The Kier molecular flexibility index (Phi) is 6.58. The van der Waals surface area contributed by atoms with E-state index in [4.69, 9.17) is 9.47 Å². The van der Waals surface area contributed by atoms with E-state index >= 15 is 0 Å². The minimum atomic E-state index is -3.76. The Bertz CT molecular complexity index is 950. The minimum absolute atomic E-state index is 0.0844. The van der Waals surface area contributed by atoms with Crippen molar-refractivity contribution >= 4 is 38.9 Å². The Morgan fingerprint density at radius 1 is 1.19 bits per heavy atom. The van der Waals surface area contributed by atoms with Crippen LogP contribution in [0.1, 0.15) is 14.5 Å². The number of hydrogen-bond donors (Lipinski definition) is 1. The van der Waals surface area contributed by atoms with Crippen LogP contribution >= 0.6 is 11.3 Å². The van der Waals surface area contributed by atoms with Crippen molar-refractivity contribution in [2.75, 3.05) is 33.1 Å². The molecule has 1 aromatic carbocycles. The van der Waals surface area contributed by atoms with Gasteiger partial charge in [0.25, 0.3) is 5.91 Å². The van der Waals surface area contributed by atoms with Gasteiger partial charge in [-0.05, 0) is 37.3 Å². The van der Waals surface area contributed by atoms with E-state index < -0.39 is 28.5 Å². The van der Waals surface area contributed by atoms with Gasteiger partial charge in [0.05, 0.1) is 7.11 Å². The third-order valence-corrected chi connectivity index (χ3v) is 6.30. The fraction of sp³-hybridized carbons (Fsp3) is 0.294. The molecule has 1 N–H and O–H groups in total. The molecule has 0 atom stereocenters. The Morgan fingerprint density at radius 2 is 1.89 bits per heavy atom. The molecule has 2 aromatic rings. The quantitative estimate of drug-likeness (QED) is 0.699. The number of hydrogen-bond acceptors (Lipinski definition) is 7. The van der Waals surface area contributed by atoms with Crippen LogP contribution in [0.4, 0.5) is 5.69 Å². The Morgan fingerprint density at radius 3 is 2.44 bits per heavy atom. The summed E-state index contributed by atoms with van der Waals surface area (Å²) in [6, 6.07) is 7.63. The van der Waals surface area contributed by atoms with Crippen molar-refractivity contribution in [2.45, 2.75) is 11.8 Å².